The summed E-state index contributed by atoms with van der Waals surface area (Å²) in [5, 5.41) is 14.6. The molecule has 2 aromatic carbocycles. The van der Waals surface area contributed by atoms with E-state index in [0.29, 0.717) is 6.54 Å². The Balaban J connectivity index is 1.83. The van der Waals surface area contributed by atoms with E-state index in [1.54, 1.807) is 12.1 Å². The van der Waals surface area contributed by atoms with Gasteiger partial charge >= 0.3 is 12.0 Å². The van der Waals surface area contributed by atoms with Crippen LogP contribution in [0.25, 0.3) is 0 Å². The van der Waals surface area contributed by atoms with E-state index in [1.807, 2.05) is 37.3 Å². The first kappa shape index (κ1) is 17.5. The molecule has 0 saturated carbocycles. The molecule has 5 nitrogen and oxygen atoms in total. The van der Waals surface area contributed by atoms with Crippen LogP contribution in [0.4, 0.5) is 4.79 Å². The van der Waals surface area contributed by atoms with Crippen molar-refractivity contribution in [2.24, 2.45) is 0 Å². The van der Waals surface area contributed by atoms with E-state index < -0.39 is 5.97 Å². The fourth-order valence-electron chi connectivity index (χ4n) is 2.38. The van der Waals surface area contributed by atoms with Crippen molar-refractivity contribution >= 4 is 12.0 Å². The molecule has 2 unspecified atom stereocenters. The van der Waals surface area contributed by atoms with E-state index in [-0.39, 0.29) is 23.6 Å². The van der Waals surface area contributed by atoms with Crippen molar-refractivity contribution in [1.82, 2.24) is 10.6 Å². The topological polar surface area (TPSA) is 78.4 Å². The minimum Gasteiger partial charge on any atom is -0.478 e. The highest BCUT2D eigenvalue weighted by Gasteiger charge is 2.16. The third kappa shape index (κ3) is 4.84. The second-order valence-electron chi connectivity index (χ2n) is 5.82. The van der Waals surface area contributed by atoms with Crippen molar-refractivity contribution in [3.8, 4) is 0 Å². The summed E-state index contributed by atoms with van der Waals surface area (Å²) in [4.78, 5) is 22.8. The molecule has 2 amide bonds. The third-order valence-corrected chi connectivity index (χ3v) is 4.09. The number of amides is 2. The van der Waals surface area contributed by atoms with Gasteiger partial charge in [0, 0.05) is 18.5 Å². The van der Waals surface area contributed by atoms with E-state index in [4.69, 9.17) is 5.11 Å². The highest BCUT2D eigenvalue weighted by molar-refractivity contribution is 5.87. The summed E-state index contributed by atoms with van der Waals surface area (Å²) in [6, 6.07) is 16.2. The maximum absolute atomic E-state index is 12.0. The van der Waals surface area contributed by atoms with Gasteiger partial charge < -0.3 is 15.7 Å². The maximum Gasteiger partial charge on any atom is 0.335 e. The zero-order valence-corrected chi connectivity index (χ0v) is 13.8. The van der Waals surface area contributed by atoms with Gasteiger partial charge in [0.25, 0.3) is 0 Å². The number of carboxylic acids is 1. The summed E-state index contributed by atoms with van der Waals surface area (Å²) in [5.74, 6) is -0.761. The van der Waals surface area contributed by atoms with Crippen LogP contribution in [-0.2, 0) is 6.54 Å². The van der Waals surface area contributed by atoms with Crippen LogP contribution in [0, 0.1) is 0 Å². The summed E-state index contributed by atoms with van der Waals surface area (Å²) >= 11 is 0. The number of carbonyl (C=O) groups is 2. The molecule has 3 N–H and O–H groups in total. The number of benzene rings is 2. The zero-order chi connectivity index (χ0) is 17.5. The predicted octanol–water partition coefficient (Wildman–Crippen LogP) is 3.38. The average Bonchev–Trinajstić information content (AvgIpc) is 2.60. The second kappa shape index (κ2) is 8.15. The van der Waals surface area contributed by atoms with E-state index in [0.717, 1.165) is 5.56 Å². The van der Waals surface area contributed by atoms with Gasteiger partial charge in [0.2, 0.25) is 0 Å². The van der Waals surface area contributed by atoms with Crippen molar-refractivity contribution < 1.29 is 14.7 Å². The van der Waals surface area contributed by atoms with Gasteiger partial charge in [-0.2, -0.15) is 0 Å². The van der Waals surface area contributed by atoms with Gasteiger partial charge in [-0.3, -0.25) is 0 Å². The van der Waals surface area contributed by atoms with Crippen LogP contribution in [0.15, 0.2) is 54.6 Å². The highest BCUT2D eigenvalue weighted by atomic mass is 16.4. The molecule has 0 fully saturated rings. The third-order valence-electron chi connectivity index (χ3n) is 4.09. The van der Waals surface area contributed by atoms with E-state index in [2.05, 4.69) is 17.6 Å². The van der Waals surface area contributed by atoms with Gasteiger partial charge in [-0.15, -0.1) is 0 Å². The van der Waals surface area contributed by atoms with Crippen molar-refractivity contribution in [3.63, 3.8) is 0 Å². The number of carboxylic acid groups (broad SMARTS) is 1. The molecule has 2 rings (SSSR count). The highest BCUT2D eigenvalue weighted by Crippen LogP contribution is 2.18. The van der Waals surface area contributed by atoms with E-state index in [1.165, 1.54) is 17.7 Å². The number of aromatic carboxylic acids is 1. The van der Waals surface area contributed by atoms with Gasteiger partial charge in [0.05, 0.1) is 5.56 Å². The molecule has 0 aliphatic carbocycles. The molecule has 126 valence electrons. The quantitative estimate of drug-likeness (QED) is 0.761. The fourth-order valence-corrected chi connectivity index (χ4v) is 2.38. The van der Waals surface area contributed by atoms with Crippen molar-refractivity contribution in [2.75, 3.05) is 0 Å². The van der Waals surface area contributed by atoms with Crippen molar-refractivity contribution in [3.05, 3.63) is 71.3 Å². The van der Waals surface area contributed by atoms with Gasteiger partial charge in [0.15, 0.2) is 0 Å². The standard InChI is InChI=1S/C19H22N2O3/c1-13(16-6-4-3-5-7-16)14(2)21-19(24)20-12-15-8-10-17(11-9-15)18(22)23/h3-11,13-14H,12H2,1-2H3,(H,22,23)(H2,20,21,24). The number of carbonyl (C=O) groups excluding carboxylic acids is 1. The summed E-state index contributed by atoms with van der Waals surface area (Å²) in [5.41, 5.74) is 2.25. The SMILES string of the molecule is CC(NC(=O)NCc1ccc(C(=O)O)cc1)C(C)c1ccccc1. The fraction of sp³-hybridized carbons (Fsp3) is 0.263. The lowest BCUT2D eigenvalue weighted by Gasteiger charge is -2.22. The van der Waals surface area contributed by atoms with Crippen LogP contribution in [0.3, 0.4) is 0 Å². The van der Waals surface area contributed by atoms with Crippen LogP contribution in [0.5, 0.6) is 0 Å². The lowest BCUT2D eigenvalue weighted by molar-refractivity contribution is 0.0697. The van der Waals surface area contributed by atoms with Gasteiger partial charge in [0.1, 0.15) is 0 Å². The van der Waals surface area contributed by atoms with Crippen LogP contribution >= 0.6 is 0 Å². The molecule has 0 radical (unpaired) electrons. The summed E-state index contributed by atoms with van der Waals surface area (Å²) < 4.78 is 0. The molecule has 5 heteroatoms. The molecule has 0 spiro atoms. The maximum atomic E-state index is 12.0. The Labute approximate surface area is 141 Å². The minimum atomic E-state index is -0.962. The molecular weight excluding hydrogens is 304 g/mol. The average molecular weight is 326 g/mol. The van der Waals surface area contributed by atoms with Gasteiger partial charge in [-0.05, 0) is 30.2 Å². The largest absolute Gasteiger partial charge is 0.478 e. The predicted molar refractivity (Wildman–Crippen MR) is 93.1 cm³/mol. The number of urea groups is 1. The normalized spacial score (nSPS) is 12.9. The van der Waals surface area contributed by atoms with Crippen LogP contribution in [0.1, 0.15) is 41.3 Å². The first-order chi connectivity index (χ1) is 11.5. The molecule has 2 atom stereocenters. The lowest BCUT2D eigenvalue weighted by Crippen LogP contribution is -2.42. The Hall–Kier alpha value is -2.82. The Kier molecular flexibility index (Phi) is 5.95. The first-order valence-electron chi connectivity index (χ1n) is 7.89. The first-order valence-corrected chi connectivity index (χ1v) is 7.89. The molecule has 0 aromatic heterocycles. The molecule has 0 bridgehead atoms. The van der Waals surface area contributed by atoms with Gasteiger partial charge in [-0.25, -0.2) is 9.59 Å². The molecule has 2 aromatic rings. The second-order valence-corrected chi connectivity index (χ2v) is 5.82. The molecule has 0 aliphatic heterocycles. The monoisotopic (exact) mass is 326 g/mol. The Bertz CT molecular complexity index is 684. The smallest absolute Gasteiger partial charge is 0.335 e. The van der Waals surface area contributed by atoms with Crippen molar-refractivity contribution in [1.29, 1.82) is 0 Å². The van der Waals surface area contributed by atoms with Crippen molar-refractivity contribution in [2.45, 2.75) is 32.4 Å². The molecule has 0 heterocycles. The molecular formula is C19H22N2O3. The van der Waals surface area contributed by atoms with Crippen LogP contribution in [0.2, 0.25) is 0 Å². The van der Waals surface area contributed by atoms with Gasteiger partial charge in [-0.1, -0.05) is 49.4 Å². The van der Waals surface area contributed by atoms with Crippen LogP contribution in [-0.4, -0.2) is 23.1 Å². The zero-order valence-electron chi connectivity index (χ0n) is 13.8. The van der Waals surface area contributed by atoms with E-state index in [9.17, 15) is 9.59 Å². The van der Waals surface area contributed by atoms with E-state index >= 15 is 0 Å². The Morgan fingerprint density at radius 3 is 2.21 bits per heavy atom. The summed E-state index contributed by atoms with van der Waals surface area (Å²) in [6.45, 7) is 4.39. The Morgan fingerprint density at radius 2 is 1.62 bits per heavy atom. The molecule has 24 heavy (non-hydrogen) atoms. The summed E-state index contributed by atoms with van der Waals surface area (Å²) in [7, 11) is 0. The lowest BCUT2D eigenvalue weighted by atomic mass is 9.95. The Morgan fingerprint density at radius 1 is 1.00 bits per heavy atom. The number of nitrogens with one attached hydrogen (secondary N) is 2. The number of rotatable bonds is 6. The van der Waals surface area contributed by atoms with Crippen LogP contribution < -0.4 is 10.6 Å². The molecule has 0 aliphatic rings. The summed E-state index contributed by atoms with van der Waals surface area (Å²) in [6.07, 6.45) is 0. The minimum absolute atomic E-state index is 0.0122. The molecule has 0 saturated heterocycles. The number of hydrogen-bond acceptors (Lipinski definition) is 2. The number of hydrogen-bond donors (Lipinski definition) is 3.